The Bertz CT molecular complexity index is 408. The Morgan fingerprint density at radius 2 is 2.25 bits per heavy atom. The van der Waals surface area contributed by atoms with Gasteiger partial charge in [-0.15, -0.1) is 0 Å². The lowest BCUT2D eigenvalue weighted by Gasteiger charge is -2.23. The summed E-state index contributed by atoms with van der Waals surface area (Å²) in [5.74, 6) is 0.246. The van der Waals surface area contributed by atoms with Crippen LogP contribution in [-0.2, 0) is 9.53 Å². The number of rotatable bonds is 8. The molecule has 2 unspecified atom stereocenters. The largest absolute Gasteiger partial charge is 0.385 e. The first-order chi connectivity index (χ1) is 9.77. The summed E-state index contributed by atoms with van der Waals surface area (Å²) in [4.78, 5) is 14.4. The van der Waals surface area contributed by atoms with E-state index in [-0.39, 0.29) is 18.1 Å². The molecule has 112 valence electrons. The summed E-state index contributed by atoms with van der Waals surface area (Å²) < 4.78 is 5.06. The lowest BCUT2D eigenvalue weighted by atomic mass is 10.2. The SMILES string of the molecule is CCC1NC(c2ccsc2)N(CCCCCOC)C1=O. The molecule has 0 spiro atoms. The molecule has 2 heterocycles. The fourth-order valence-electron chi connectivity index (χ4n) is 2.62. The smallest absolute Gasteiger partial charge is 0.241 e. The average Bonchev–Trinajstić information content (AvgIpc) is 3.07. The average molecular weight is 296 g/mol. The van der Waals surface area contributed by atoms with Crippen LogP contribution in [0, 0.1) is 0 Å². The van der Waals surface area contributed by atoms with Crippen LogP contribution in [0.5, 0.6) is 0 Å². The number of unbranched alkanes of at least 4 members (excludes halogenated alkanes) is 2. The number of nitrogens with one attached hydrogen (secondary N) is 1. The molecule has 1 amide bonds. The number of amides is 1. The molecule has 2 rings (SSSR count). The van der Waals surface area contributed by atoms with Crippen LogP contribution in [0.2, 0.25) is 0 Å². The monoisotopic (exact) mass is 296 g/mol. The first-order valence-electron chi connectivity index (χ1n) is 7.35. The molecule has 0 aliphatic carbocycles. The molecule has 1 saturated heterocycles. The van der Waals surface area contributed by atoms with Gasteiger partial charge in [-0.3, -0.25) is 10.1 Å². The van der Waals surface area contributed by atoms with Crippen molar-refractivity contribution < 1.29 is 9.53 Å². The van der Waals surface area contributed by atoms with Crippen molar-refractivity contribution in [2.75, 3.05) is 20.3 Å². The molecular formula is C15H24N2O2S. The van der Waals surface area contributed by atoms with Crippen LogP contribution >= 0.6 is 11.3 Å². The maximum Gasteiger partial charge on any atom is 0.241 e. The number of nitrogens with zero attached hydrogens (tertiary/aromatic N) is 1. The zero-order chi connectivity index (χ0) is 14.4. The minimum Gasteiger partial charge on any atom is -0.385 e. The Balaban J connectivity index is 1.93. The second-order valence-corrected chi connectivity index (χ2v) is 5.95. The molecule has 1 aromatic heterocycles. The Kier molecular flexibility index (Phi) is 6.01. The Morgan fingerprint density at radius 1 is 1.40 bits per heavy atom. The molecule has 0 bridgehead atoms. The molecule has 1 aliphatic rings. The molecule has 1 aromatic rings. The van der Waals surface area contributed by atoms with Crippen molar-refractivity contribution >= 4 is 17.2 Å². The first kappa shape index (κ1) is 15.5. The summed E-state index contributed by atoms with van der Waals surface area (Å²) in [6.07, 6.45) is 4.10. The van der Waals surface area contributed by atoms with E-state index >= 15 is 0 Å². The van der Waals surface area contributed by atoms with Gasteiger partial charge in [0.1, 0.15) is 6.17 Å². The minimum atomic E-state index is -0.0288. The normalized spacial score (nSPS) is 22.7. The lowest BCUT2D eigenvalue weighted by molar-refractivity contribution is -0.130. The van der Waals surface area contributed by atoms with Gasteiger partial charge >= 0.3 is 0 Å². The van der Waals surface area contributed by atoms with Gasteiger partial charge in [0.05, 0.1) is 6.04 Å². The second kappa shape index (κ2) is 7.76. The van der Waals surface area contributed by atoms with E-state index in [2.05, 4.69) is 29.1 Å². The van der Waals surface area contributed by atoms with Gasteiger partial charge in [0.2, 0.25) is 5.91 Å². The van der Waals surface area contributed by atoms with Crippen LogP contribution in [-0.4, -0.2) is 37.1 Å². The molecule has 0 saturated carbocycles. The van der Waals surface area contributed by atoms with Gasteiger partial charge in [0.15, 0.2) is 0 Å². The van der Waals surface area contributed by atoms with Crippen molar-refractivity contribution in [2.24, 2.45) is 0 Å². The number of ether oxygens (including phenoxy) is 1. The van der Waals surface area contributed by atoms with E-state index in [9.17, 15) is 4.79 Å². The van der Waals surface area contributed by atoms with E-state index in [1.165, 1.54) is 5.56 Å². The van der Waals surface area contributed by atoms with Crippen molar-refractivity contribution in [1.29, 1.82) is 0 Å². The van der Waals surface area contributed by atoms with Gasteiger partial charge in [0.25, 0.3) is 0 Å². The summed E-state index contributed by atoms with van der Waals surface area (Å²) >= 11 is 1.68. The maximum atomic E-state index is 12.4. The highest BCUT2D eigenvalue weighted by molar-refractivity contribution is 7.07. The molecule has 1 aliphatic heterocycles. The molecule has 0 radical (unpaired) electrons. The minimum absolute atomic E-state index is 0.0288. The van der Waals surface area contributed by atoms with E-state index in [1.807, 2.05) is 4.90 Å². The van der Waals surface area contributed by atoms with E-state index in [4.69, 9.17) is 4.74 Å². The maximum absolute atomic E-state index is 12.4. The highest BCUT2D eigenvalue weighted by Crippen LogP contribution is 2.28. The van der Waals surface area contributed by atoms with Gasteiger partial charge in [-0.05, 0) is 48.1 Å². The quantitative estimate of drug-likeness (QED) is 0.750. The number of carbonyl (C=O) groups excluding carboxylic acids is 1. The fourth-order valence-corrected chi connectivity index (χ4v) is 3.30. The molecule has 0 aromatic carbocycles. The number of carbonyl (C=O) groups is 1. The third kappa shape index (κ3) is 3.59. The standard InChI is InChI=1S/C15H24N2O2S/c1-3-13-15(18)17(8-5-4-6-9-19-2)14(16-13)12-7-10-20-11-12/h7,10-11,13-14,16H,3-6,8-9H2,1-2H3. The molecular weight excluding hydrogens is 272 g/mol. The van der Waals surface area contributed by atoms with E-state index in [1.54, 1.807) is 18.4 Å². The number of methoxy groups -OCH3 is 1. The van der Waals surface area contributed by atoms with Gasteiger partial charge in [0, 0.05) is 20.3 Å². The molecule has 4 nitrogen and oxygen atoms in total. The van der Waals surface area contributed by atoms with Crippen LogP contribution in [0.15, 0.2) is 16.8 Å². The third-order valence-electron chi connectivity index (χ3n) is 3.77. The van der Waals surface area contributed by atoms with E-state index in [0.29, 0.717) is 0 Å². The van der Waals surface area contributed by atoms with Gasteiger partial charge in [-0.25, -0.2) is 0 Å². The van der Waals surface area contributed by atoms with Crippen LogP contribution < -0.4 is 5.32 Å². The van der Waals surface area contributed by atoms with E-state index in [0.717, 1.165) is 38.8 Å². The summed E-state index contributed by atoms with van der Waals surface area (Å²) in [5.41, 5.74) is 1.20. The van der Waals surface area contributed by atoms with Crippen molar-refractivity contribution in [3.8, 4) is 0 Å². The lowest BCUT2D eigenvalue weighted by Crippen LogP contribution is -2.31. The highest BCUT2D eigenvalue weighted by atomic mass is 32.1. The van der Waals surface area contributed by atoms with Gasteiger partial charge in [-0.2, -0.15) is 11.3 Å². The van der Waals surface area contributed by atoms with Crippen molar-refractivity contribution in [3.05, 3.63) is 22.4 Å². The first-order valence-corrected chi connectivity index (χ1v) is 8.29. The predicted octanol–water partition coefficient (Wildman–Crippen LogP) is 2.77. The van der Waals surface area contributed by atoms with Crippen molar-refractivity contribution in [2.45, 2.75) is 44.8 Å². The molecule has 1 fully saturated rings. The van der Waals surface area contributed by atoms with Crippen LogP contribution in [0.4, 0.5) is 0 Å². The summed E-state index contributed by atoms with van der Waals surface area (Å²) in [5, 5.41) is 7.65. The van der Waals surface area contributed by atoms with Gasteiger partial charge < -0.3 is 9.64 Å². The number of hydrogen-bond donors (Lipinski definition) is 1. The predicted molar refractivity (Wildman–Crippen MR) is 81.7 cm³/mol. The van der Waals surface area contributed by atoms with E-state index < -0.39 is 0 Å². The molecule has 20 heavy (non-hydrogen) atoms. The van der Waals surface area contributed by atoms with Crippen molar-refractivity contribution in [3.63, 3.8) is 0 Å². The topological polar surface area (TPSA) is 41.6 Å². The Labute approximate surface area is 125 Å². The Hall–Kier alpha value is -0.910. The van der Waals surface area contributed by atoms with Crippen molar-refractivity contribution in [1.82, 2.24) is 10.2 Å². The summed E-state index contributed by atoms with van der Waals surface area (Å²) in [7, 11) is 1.73. The summed E-state index contributed by atoms with van der Waals surface area (Å²) in [6, 6.07) is 2.07. The van der Waals surface area contributed by atoms with Crippen LogP contribution in [0.1, 0.15) is 44.3 Å². The number of thiophene rings is 1. The number of hydrogen-bond acceptors (Lipinski definition) is 4. The zero-order valence-corrected chi connectivity index (χ0v) is 13.1. The molecule has 5 heteroatoms. The fraction of sp³-hybridized carbons (Fsp3) is 0.667. The second-order valence-electron chi connectivity index (χ2n) is 5.17. The van der Waals surface area contributed by atoms with Crippen LogP contribution in [0.3, 0.4) is 0 Å². The third-order valence-corrected chi connectivity index (χ3v) is 4.47. The zero-order valence-electron chi connectivity index (χ0n) is 12.3. The van der Waals surface area contributed by atoms with Gasteiger partial charge in [-0.1, -0.05) is 6.92 Å². The molecule has 2 atom stereocenters. The highest BCUT2D eigenvalue weighted by Gasteiger charge is 2.38. The summed E-state index contributed by atoms with van der Waals surface area (Å²) in [6.45, 7) is 3.69. The van der Waals surface area contributed by atoms with Crippen LogP contribution in [0.25, 0.3) is 0 Å². The molecule has 1 N–H and O–H groups in total. The Morgan fingerprint density at radius 3 is 2.90 bits per heavy atom.